The van der Waals surface area contributed by atoms with Crippen LogP contribution in [0, 0.1) is 5.92 Å². The molecule has 0 unspecified atom stereocenters. The second-order valence-corrected chi connectivity index (χ2v) is 6.31. The zero-order chi connectivity index (χ0) is 16.5. The average molecular weight is 331 g/mol. The molecular formula is C18H25N3OS. The largest absolute Gasteiger partial charge is 0.331 e. The summed E-state index contributed by atoms with van der Waals surface area (Å²) in [4.78, 5) is 11.8. The lowest BCUT2D eigenvalue weighted by atomic mass is 10.1. The second-order valence-electron chi connectivity index (χ2n) is 5.90. The van der Waals surface area contributed by atoms with E-state index in [0.717, 1.165) is 24.9 Å². The average Bonchev–Trinajstić information content (AvgIpc) is 3.05. The minimum absolute atomic E-state index is 0.0411. The number of carbonyl (C=O) groups excluding carboxylic acids is 1. The number of thiocarbonyl (C=S) groups is 1. The minimum atomic E-state index is -0.0411. The Hall–Kier alpha value is -1.88. The number of hydrazine groups is 1. The number of benzene rings is 1. The van der Waals surface area contributed by atoms with E-state index in [4.69, 9.17) is 12.2 Å². The Morgan fingerprint density at radius 1 is 1.26 bits per heavy atom. The Morgan fingerprint density at radius 3 is 2.70 bits per heavy atom. The smallest absolute Gasteiger partial charge is 0.238 e. The van der Waals surface area contributed by atoms with Crippen molar-refractivity contribution in [1.82, 2.24) is 10.9 Å². The second kappa shape index (κ2) is 9.30. The van der Waals surface area contributed by atoms with E-state index in [9.17, 15) is 4.79 Å². The normalized spacial score (nSPS) is 16.1. The molecule has 0 spiro atoms. The van der Waals surface area contributed by atoms with E-state index in [1.54, 1.807) is 0 Å². The number of hydrogen-bond acceptors (Lipinski definition) is 2. The van der Waals surface area contributed by atoms with Gasteiger partial charge in [0.05, 0.1) is 0 Å². The lowest BCUT2D eigenvalue weighted by molar-refractivity contribution is -0.122. The summed E-state index contributed by atoms with van der Waals surface area (Å²) in [5.74, 6) is 0.314. The molecule has 23 heavy (non-hydrogen) atoms. The number of nitrogens with one attached hydrogen (secondary N) is 3. The topological polar surface area (TPSA) is 53.2 Å². The summed E-state index contributed by atoms with van der Waals surface area (Å²) in [7, 11) is 0. The quantitative estimate of drug-likeness (QED) is 0.423. The minimum Gasteiger partial charge on any atom is -0.331 e. The number of amides is 1. The van der Waals surface area contributed by atoms with Gasteiger partial charge in [0.15, 0.2) is 5.11 Å². The van der Waals surface area contributed by atoms with Crippen LogP contribution in [0.2, 0.25) is 0 Å². The number of allylic oxidation sites excluding steroid dienone is 2. The van der Waals surface area contributed by atoms with Crippen molar-refractivity contribution in [1.29, 1.82) is 0 Å². The maximum atomic E-state index is 11.8. The SMILES string of the molecule is CCCCc1ccc(NC(=S)NNC(=O)C[C@H]2C=CCC2)cc1. The summed E-state index contributed by atoms with van der Waals surface area (Å²) >= 11 is 5.19. The molecular weight excluding hydrogens is 306 g/mol. The molecule has 0 radical (unpaired) electrons. The highest BCUT2D eigenvalue weighted by atomic mass is 32.1. The Balaban J connectivity index is 1.69. The predicted octanol–water partition coefficient (Wildman–Crippen LogP) is 3.70. The maximum Gasteiger partial charge on any atom is 0.238 e. The van der Waals surface area contributed by atoms with E-state index in [1.807, 2.05) is 12.1 Å². The van der Waals surface area contributed by atoms with Gasteiger partial charge in [0.1, 0.15) is 0 Å². The molecule has 3 N–H and O–H groups in total. The van der Waals surface area contributed by atoms with Crippen molar-refractivity contribution in [2.45, 2.75) is 45.4 Å². The van der Waals surface area contributed by atoms with Gasteiger partial charge in [-0.05, 0) is 61.5 Å². The molecule has 1 aliphatic carbocycles. The van der Waals surface area contributed by atoms with Crippen molar-refractivity contribution < 1.29 is 4.79 Å². The summed E-state index contributed by atoms with van der Waals surface area (Å²) in [6.45, 7) is 2.19. The van der Waals surface area contributed by atoms with Crippen molar-refractivity contribution in [2.24, 2.45) is 5.92 Å². The highest BCUT2D eigenvalue weighted by molar-refractivity contribution is 7.80. The number of unbranched alkanes of at least 4 members (excludes halogenated alkanes) is 1. The molecule has 4 nitrogen and oxygen atoms in total. The first-order chi connectivity index (χ1) is 11.2. The third-order valence-electron chi connectivity index (χ3n) is 3.91. The maximum absolute atomic E-state index is 11.8. The molecule has 0 fully saturated rings. The number of anilines is 1. The van der Waals surface area contributed by atoms with Gasteiger partial charge in [-0.25, -0.2) is 0 Å². The summed E-state index contributed by atoms with van der Waals surface area (Å²) < 4.78 is 0. The first-order valence-electron chi connectivity index (χ1n) is 8.29. The Morgan fingerprint density at radius 2 is 2.04 bits per heavy atom. The monoisotopic (exact) mass is 331 g/mol. The van der Waals surface area contributed by atoms with Crippen LogP contribution in [0.5, 0.6) is 0 Å². The van der Waals surface area contributed by atoms with E-state index < -0.39 is 0 Å². The molecule has 1 atom stereocenters. The molecule has 1 aromatic carbocycles. The molecule has 1 aliphatic rings. The van der Waals surface area contributed by atoms with Gasteiger partial charge < -0.3 is 5.32 Å². The van der Waals surface area contributed by atoms with E-state index in [-0.39, 0.29) is 5.91 Å². The Bertz CT molecular complexity index is 554. The van der Waals surface area contributed by atoms with Crippen molar-refractivity contribution in [2.75, 3.05) is 5.32 Å². The van der Waals surface area contributed by atoms with Gasteiger partial charge in [-0.15, -0.1) is 0 Å². The number of aryl methyl sites for hydroxylation is 1. The molecule has 0 aromatic heterocycles. The van der Waals surface area contributed by atoms with Crippen molar-refractivity contribution >= 4 is 28.9 Å². The van der Waals surface area contributed by atoms with Crippen LogP contribution in [-0.4, -0.2) is 11.0 Å². The van der Waals surface area contributed by atoms with Gasteiger partial charge in [-0.2, -0.15) is 0 Å². The van der Waals surface area contributed by atoms with Gasteiger partial charge in [-0.3, -0.25) is 15.6 Å². The third kappa shape index (κ3) is 6.40. The van der Waals surface area contributed by atoms with Crippen LogP contribution in [0.3, 0.4) is 0 Å². The zero-order valence-corrected chi connectivity index (χ0v) is 14.4. The Labute approximate surface area is 143 Å². The van der Waals surface area contributed by atoms with Crippen LogP contribution in [0.4, 0.5) is 5.69 Å². The Kier molecular flexibility index (Phi) is 7.07. The molecule has 124 valence electrons. The highest BCUT2D eigenvalue weighted by Crippen LogP contribution is 2.19. The first-order valence-corrected chi connectivity index (χ1v) is 8.69. The molecule has 0 heterocycles. The standard InChI is InChI=1S/C18H25N3OS/c1-2-3-6-14-9-11-16(12-10-14)19-18(23)21-20-17(22)13-15-7-4-5-8-15/h4,7,9-12,15H,2-3,5-6,8,13H2,1H3,(H,20,22)(H2,19,21,23)/t15-/m0/s1. The fourth-order valence-electron chi connectivity index (χ4n) is 2.58. The predicted molar refractivity (Wildman–Crippen MR) is 99.0 cm³/mol. The first kappa shape index (κ1) is 17.5. The summed E-state index contributed by atoms with van der Waals surface area (Å²) in [6, 6.07) is 8.21. The molecule has 0 bridgehead atoms. The van der Waals surface area contributed by atoms with Gasteiger partial charge >= 0.3 is 0 Å². The molecule has 0 saturated carbocycles. The van der Waals surface area contributed by atoms with Gasteiger partial charge in [-0.1, -0.05) is 37.6 Å². The van der Waals surface area contributed by atoms with Crippen LogP contribution in [0.25, 0.3) is 0 Å². The number of hydrogen-bond donors (Lipinski definition) is 3. The van der Waals surface area contributed by atoms with Gasteiger partial charge in [0.25, 0.3) is 0 Å². The molecule has 0 saturated heterocycles. The molecule has 5 heteroatoms. The van der Waals surface area contributed by atoms with Crippen LogP contribution in [0.1, 0.15) is 44.6 Å². The summed E-state index contributed by atoms with van der Waals surface area (Å²) in [6.07, 6.45) is 10.4. The lowest BCUT2D eigenvalue weighted by Gasteiger charge is -2.13. The third-order valence-corrected chi connectivity index (χ3v) is 4.11. The van der Waals surface area contributed by atoms with Crippen LogP contribution in [0.15, 0.2) is 36.4 Å². The van der Waals surface area contributed by atoms with E-state index >= 15 is 0 Å². The van der Waals surface area contributed by atoms with Crippen LogP contribution < -0.4 is 16.2 Å². The van der Waals surface area contributed by atoms with E-state index in [2.05, 4.69) is 47.4 Å². The van der Waals surface area contributed by atoms with E-state index in [0.29, 0.717) is 17.5 Å². The summed E-state index contributed by atoms with van der Waals surface area (Å²) in [5, 5.41) is 3.46. The number of carbonyl (C=O) groups is 1. The van der Waals surface area contributed by atoms with Crippen molar-refractivity contribution in [3.8, 4) is 0 Å². The van der Waals surface area contributed by atoms with Gasteiger partial charge in [0.2, 0.25) is 5.91 Å². The fraction of sp³-hybridized carbons (Fsp3) is 0.444. The van der Waals surface area contributed by atoms with Crippen LogP contribution in [-0.2, 0) is 11.2 Å². The van der Waals surface area contributed by atoms with Crippen LogP contribution >= 0.6 is 12.2 Å². The highest BCUT2D eigenvalue weighted by Gasteiger charge is 2.13. The number of rotatable bonds is 6. The summed E-state index contributed by atoms with van der Waals surface area (Å²) in [5.41, 5.74) is 7.63. The lowest BCUT2D eigenvalue weighted by Crippen LogP contribution is -2.44. The molecule has 0 aliphatic heterocycles. The van der Waals surface area contributed by atoms with E-state index in [1.165, 1.54) is 18.4 Å². The van der Waals surface area contributed by atoms with Gasteiger partial charge in [0, 0.05) is 12.1 Å². The van der Waals surface area contributed by atoms with Crippen molar-refractivity contribution in [3.05, 3.63) is 42.0 Å². The van der Waals surface area contributed by atoms with Crippen molar-refractivity contribution in [3.63, 3.8) is 0 Å². The molecule has 2 rings (SSSR count). The zero-order valence-electron chi connectivity index (χ0n) is 13.6. The molecule has 1 aromatic rings. The molecule has 1 amide bonds. The fourth-order valence-corrected chi connectivity index (χ4v) is 2.75.